The third kappa shape index (κ3) is 4.47. The number of piperidine rings is 1. The summed E-state index contributed by atoms with van der Waals surface area (Å²) in [5.74, 6) is 1.40. The van der Waals surface area contributed by atoms with Gasteiger partial charge in [0.05, 0.1) is 24.1 Å². The molecular formula is C25H29FN6O2. The summed E-state index contributed by atoms with van der Waals surface area (Å²) in [4.78, 5) is 26.0. The van der Waals surface area contributed by atoms with Crippen molar-refractivity contribution in [3.05, 3.63) is 53.4 Å². The number of carbonyl (C=O) groups excluding carboxylic acids is 1. The van der Waals surface area contributed by atoms with E-state index in [1.807, 2.05) is 25.1 Å². The molecule has 2 aliphatic heterocycles. The standard InChI is InChI=1S/C25H29FN6O2/c1-16-12-19(26)4-5-23(16)34-20-6-9-31(10-7-20)25-24(18-13-27-30(3)14-18)28-22-15-32(17(2)33)11-8-21(22)29-25/h4-5,12-14,20H,6-11,15H2,1-3H3. The summed E-state index contributed by atoms with van der Waals surface area (Å²) in [5.41, 5.74) is 4.33. The molecule has 1 saturated heterocycles. The largest absolute Gasteiger partial charge is 0.490 e. The number of fused-ring (bicyclic) bond motifs is 1. The van der Waals surface area contributed by atoms with E-state index >= 15 is 0 Å². The lowest BCUT2D eigenvalue weighted by atomic mass is 10.1. The number of carbonyl (C=O) groups is 1. The van der Waals surface area contributed by atoms with Crippen molar-refractivity contribution in [2.24, 2.45) is 7.05 Å². The maximum absolute atomic E-state index is 13.4. The topological polar surface area (TPSA) is 76.4 Å². The van der Waals surface area contributed by atoms with Crippen LogP contribution in [0.4, 0.5) is 10.2 Å². The molecule has 34 heavy (non-hydrogen) atoms. The van der Waals surface area contributed by atoms with Crippen molar-refractivity contribution in [1.82, 2.24) is 24.6 Å². The molecule has 8 nitrogen and oxygen atoms in total. The Balaban J connectivity index is 1.38. The Morgan fingerprint density at radius 3 is 2.62 bits per heavy atom. The van der Waals surface area contributed by atoms with Gasteiger partial charge < -0.3 is 14.5 Å². The molecule has 0 bridgehead atoms. The second-order valence-electron chi connectivity index (χ2n) is 9.10. The molecule has 178 valence electrons. The van der Waals surface area contributed by atoms with Crippen LogP contribution in [0.1, 0.15) is 36.7 Å². The highest BCUT2D eigenvalue weighted by molar-refractivity contribution is 5.74. The highest BCUT2D eigenvalue weighted by Crippen LogP contribution is 2.33. The monoisotopic (exact) mass is 464 g/mol. The summed E-state index contributed by atoms with van der Waals surface area (Å²) in [7, 11) is 1.88. The van der Waals surface area contributed by atoms with Crippen molar-refractivity contribution in [2.75, 3.05) is 24.5 Å². The van der Waals surface area contributed by atoms with Gasteiger partial charge in [-0.25, -0.2) is 14.4 Å². The van der Waals surface area contributed by atoms with Crippen LogP contribution in [0.2, 0.25) is 0 Å². The first-order valence-electron chi connectivity index (χ1n) is 11.7. The van der Waals surface area contributed by atoms with Crippen molar-refractivity contribution in [3.8, 4) is 17.0 Å². The van der Waals surface area contributed by atoms with Crippen LogP contribution in [0, 0.1) is 12.7 Å². The van der Waals surface area contributed by atoms with Gasteiger partial charge in [-0.1, -0.05) is 0 Å². The fourth-order valence-electron chi connectivity index (χ4n) is 4.66. The summed E-state index contributed by atoms with van der Waals surface area (Å²) < 4.78 is 21.4. The first-order valence-corrected chi connectivity index (χ1v) is 11.7. The highest BCUT2D eigenvalue weighted by Gasteiger charge is 2.28. The van der Waals surface area contributed by atoms with Crippen molar-refractivity contribution in [2.45, 2.75) is 45.8 Å². The summed E-state index contributed by atoms with van der Waals surface area (Å²) >= 11 is 0. The lowest BCUT2D eigenvalue weighted by Crippen LogP contribution is -2.40. The predicted octanol–water partition coefficient (Wildman–Crippen LogP) is 3.28. The van der Waals surface area contributed by atoms with Crippen molar-refractivity contribution in [1.29, 1.82) is 0 Å². The van der Waals surface area contributed by atoms with E-state index in [0.717, 1.165) is 65.7 Å². The van der Waals surface area contributed by atoms with Crippen molar-refractivity contribution in [3.63, 3.8) is 0 Å². The Bertz CT molecular complexity index is 1220. The average molecular weight is 465 g/mol. The number of aryl methyl sites for hydroxylation is 2. The summed E-state index contributed by atoms with van der Waals surface area (Å²) in [6.07, 6.45) is 6.18. The third-order valence-electron chi connectivity index (χ3n) is 6.59. The van der Waals surface area contributed by atoms with Gasteiger partial charge in [-0.2, -0.15) is 5.10 Å². The van der Waals surface area contributed by atoms with Gasteiger partial charge in [-0.05, 0) is 30.7 Å². The molecule has 1 fully saturated rings. The van der Waals surface area contributed by atoms with E-state index in [1.54, 1.807) is 23.9 Å². The van der Waals surface area contributed by atoms with Crippen LogP contribution in [0.25, 0.3) is 11.3 Å². The van der Waals surface area contributed by atoms with Gasteiger partial charge in [0.2, 0.25) is 5.91 Å². The second-order valence-corrected chi connectivity index (χ2v) is 9.10. The number of ether oxygens (including phenoxy) is 1. The van der Waals surface area contributed by atoms with Gasteiger partial charge >= 0.3 is 0 Å². The molecule has 2 aliphatic rings. The quantitative estimate of drug-likeness (QED) is 0.590. The Morgan fingerprint density at radius 1 is 1.15 bits per heavy atom. The van der Waals surface area contributed by atoms with Gasteiger partial charge in [0.15, 0.2) is 5.82 Å². The molecule has 0 aliphatic carbocycles. The van der Waals surface area contributed by atoms with Crippen LogP contribution in [-0.2, 0) is 24.8 Å². The van der Waals surface area contributed by atoms with Crippen LogP contribution in [0.5, 0.6) is 5.75 Å². The van der Waals surface area contributed by atoms with E-state index < -0.39 is 0 Å². The Kier molecular flexibility index (Phi) is 5.93. The second kappa shape index (κ2) is 9.04. The lowest BCUT2D eigenvalue weighted by Gasteiger charge is -2.35. The minimum absolute atomic E-state index is 0.0536. The SMILES string of the molecule is CC(=O)N1CCc2nc(N3CCC(Oc4ccc(F)cc4C)CC3)c(-c3cnn(C)c3)nc2C1. The van der Waals surface area contributed by atoms with Crippen LogP contribution in [-0.4, -0.2) is 56.3 Å². The maximum Gasteiger partial charge on any atom is 0.219 e. The van der Waals surface area contributed by atoms with E-state index in [-0.39, 0.29) is 17.8 Å². The summed E-state index contributed by atoms with van der Waals surface area (Å²) in [5, 5.41) is 4.33. The molecule has 0 saturated carbocycles. The third-order valence-corrected chi connectivity index (χ3v) is 6.59. The van der Waals surface area contributed by atoms with Gasteiger partial charge in [0, 0.05) is 64.6 Å². The molecule has 0 N–H and O–H groups in total. The normalized spacial score (nSPS) is 16.5. The lowest BCUT2D eigenvalue weighted by molar-refractivity contribution is -0.129. The maximum atomic E-state index is 13.4. The van der Waals surface area contributed by atoms with Gasteiger partial charge in [-0.15, -0.1) is 0 Å². The van der Waals surface area contributed by atoms with E-state index in [2.05, 4.69) is 10.00 Å². The molecule has 0 radical (unpaired) electrons. The molecule has 9 heteroatoms. The number of nitrogens with zero attached hydrogens (tertiary/aromatic N) is 6. The molecular weight excluding hydrogens is 435 g/mol. The molecule has 4 heterocycles. The fraction of sp³-hybridized carbons (Fsp3) is 0.440. The highest BCUT2D eigenvalue weighted by atomic mass is 19.1. The summed E-state index contributed by atoms with van der Waals surface area (Å²) in [6, 6.07) is 4.64. The Labute approximate surface area is 198 Å². The smallest absolute Gasteiger partial charge is 0.219 e. The fourth-order valence-corrected chi connectivity index (χ4v) is 4.66. The number of rotatable bonds is 4. The predicted molar refractivity (Wildman–Crippen MR) is 126 cm³/mol. The number of hydrogen-bond donors (Lipinski definition) is 0. The van der Waals surface area contributed by atoms with Crippen LogP contribution < -0.4 is 9.64 Å². The van der Waals surface area contributed by atoms with E-state index in [1.165, 1.54) is 12.1 Å². The number of halogens is 1. The molecule has 5 rings (SSSR count). The molecule has 1 amide bonds. The number of amides is 1. The molecule has 2 aromatic heterocycles. The molecule has 1 aromatic carbocycles. The number of benzene rings is 1. The van der Waals surface area contributed by atoms with Crippen LogP contribution in [0.15, 0.2) is 30.6 Å². The van der Waals surface area contributed by atoms with Crippen LogP contribution in [0.3, 0.4) is 0 Å². The molecule has 3 aromatic rings. The molecule has 0 atom stereocenters. The Hall–Kier alpha value is -3.49. The van der Waals surface area contributed by atoms with Gasteiger partial charge in [0.25, 0.3) is 0 Å². The molecule has 0 unspecified atom stereocenters. The minimum atomic E-state index is -0.250. The van der Waals surface area contributed by atoms with Gasteiger partial charge in [0.1, 0.15) is 23.4 Å². The average Bonchev–Trinajstić information content (AvgIpc) is 3.26. The zero-order valence-electron chi connectivity index (χ0n) is 19.8. The number of anilines is 1. The van der Waals surface area contributed by atoms with E-state index in [0.29, 0.717) is 19.5 Å². The van der Waals surface area contributed by atoms with E-state index in [9.17, 15) is 9.18 Å². The zero-order chi connectivity index (χ0) is 23.8. The first kappa shape index (κ1) is 22.3. The summed E-state index contributed by atoms with van der Waals surface area (Å²) in [6.45, 7) is 6.17. The van der Waals surface area contributed by atoms with E-state index in [4.69, 9.17) is 14.7 Å². The van der Waals surface area contributed by atoms with Crippen molar-refractivity contribution >= 4 is 11.7 Å². The first-order chi connectivity index (χ1) is 16.4. The van der Waals surface area contributed by atoms with Gasteiger partial charge in [-0.3, -0.25) is 9.48 Å². The Morgan fingerprint density at radius 2 is 1.94 bits per heavy atom. The minimum Gasteiger partial charge on any atom is -0.490 e. The number of hydrogen-bond acceptors (Lipinski definition) is 6. The van der Waals surface area contributed by atoms with Crippen LogP contribution >= 0.6 is 0 Å². The zero-order valence-corrected chi connectivity index (χ0v) is 19.8. The molecule has 0 spiro atoms. The number of aromatic nitrogens is 4. The van der Waals surface area contributed by atoms with Crippen molar-refractivity contribution < 1.29 is 13.9 Å².